The number of halogens is 1. The Morgan fingerprint density at radius 1 is 1.30 bits per heavy atom. The van der Waals surface area contributed by atoms with E-state index in [0.717, 1.165) is 17.4 Å². The Kier molecular flexibility index (Phi) is 6.34. The van der Waals surface area contributed by atoms with E-state index in [9.17, 15) is 0 Å². The average molecular weight is 295 g/mol. The van der Waals surface area contributed by atoms with Crippen LogP contribution in [0.5, 0.6) is 0 Å². The zero-order valence-corrected chi connectivity index (χ0v) is 13.6. The van der Waals surface area contributed by atoms with Gasteiger partial charge in [-0.05, 0) is 83.0 Å². The summed E-state index contributed by atoms with van der Waals surface area (Å²) in [6, 6.07) is 8.23. The van der Waals surface area contributed by atoms with E-state index in [1.165, 1.54) is 51.0 Å². The Hall–Kier alpha value is -0.570. The van der Waals surface area contributed by atoms with Crippen molar-refractivity contribution in [2.24, 2.45) is 5.92 Å². The smallest absolute Gasteiger partial charge is 0.0408 e. The molecule has 1 aromatic carbocycles. The van der Waals surface area contributed by atoms with Gasteiger partial charge in [-0.25, -0.2) is 0 Å². The molecule has 0 saturated carbocycles. The number of likely N-dealkylation sites (tertiary alicyclic amines) is 1. The van der Waals surface area contributed by atoms with E-state index >= 15 is 0 Å². The van der Waals surface area contributed by atoms with E-state index in [-0.39, 0.29) is 0 Å². The predicted octanol–water partition coefficient (Wildman–Crippen LogP) is 3.55. The lowest BCUT2D eigenvalue weighted by Gasteiger charge is -2.31. The van der Waals surface area contributed by atoms with E-state index in [1.54, 1.807) is 0 Å². The number of piperidine rings is 1. The van der Waals surface area contributed by atoms with Crippen LogP contribution in [0.1, 0.15) is 24.8 Å². The lowest BCUT2D eigenvalue weighted by atomic mass is 9.96. The molecule has 0 spiro atoms. The minimum atomic E-state index is 0.849. The van der Waals surface area contributed by atoms with Crippen molar-refractivity contribution in [2.75, 3.05) is 40.3 Å². The average Bonchev–Trinajstić information content (AvgIpc) is 2.41. The topological polar surface area (TPSA) is 6.48 Å². The molecule has 1 aliphatic heterocycles. The highest BCUT2D eigenvalue weighted by Gasteiger charge is 2.17. The molecule has 0 aromatic heterocycles. The number of benzene rings is 1. The van der Waals surface area contributed by atoms with Crippen molar-refractivity contribution in [3.8, 4) is 0 Å². The van der Waals surface area contributed by atoms with Crippen molar-refractivity contribution in [1.82, 2.24) is 9.80 Å². The third-order valence-electron chi connectivity index (χ3n) is 4.30. The zero-order chi connectivity index (χ0) is 14.4. The van der Waals surface area contributed by atoms with Crippen molar-refractivity contribution >= 4 is 11.6 Å². The highest BCUT2D eigenvalue weighted by atomic mass is 35.5. The first-order chi connectivity index (χ1) is 9.63. The van der Waals surface area contributed by atoms with Gasteiger partial charge < -0.3 is 9.80 Å². The van der Waals surface area contributed by atoms with Crippen LogP contribution < -0.4 is 0 Å². The maximum atomic E-state index is 6.01. The molecule has 0 amide bonds. The fraction of sp³-hybridized carbons (Fsp3) is 0.647. The van der Waals surface area contributed by atoms with Crippen LogP contribution in [-0.4, -0.2) is 50.1 Å². The van der Waals surface area contributed by atoms with Crippen molar-refractivity contribution in [3.63, 3.8) is 0 Å². The Bertz CT molecular complexity index is 400. The molecule has 0 aliphatic carbocycles. The number of hydrogen-bond donors (Lipinski definition) is 0. The summed E-state index contributed by atoms with van der Waals surface area (Å²) >= 11 is 6.01. The van der Waals surface area contributed by atoms with Crippen LogP contribution in [-0.2, 0) is 6.42 Å². The van der Waals surface area contributed by atoms with Crippen molar-refractivity contribution in [3.05, 3.63) is 34.9 Å². The lowest BCUT2D eigenvalue weighted by Crippen LogP contribution is -2.36. The van der Waals surface area contributed by atoms with E-state index < -0.39 is 0 Å². The van der Waals surface area contributed by atoms with Gasteiger partial charge in [-0.1, -0.05) is 23.7 Å². The molecule has 0 unspecified atom stereocenters. The van der Waals surface area contributed by atoms with Crippen LogP contribution in [0, 0.1) is 5.92 Å². The van der Waals surface area contributed by atoms with E-state index in [0.29, 0.717) is 0 Å². The molecule has 0 N–H and O–H groups in total. The van der Waals surface area contributed by atoms with Crippen LogP contribution >= 0.6 is 11.6 Å². The second-order valence-electron chi connectivity index (χ2n) is 6.24. The monoisotopic (exact) mass is 294 g/mol. The summed E-state index contributed by atoms with van der Waals surface area (Å²) in [5, 5.41) is 0.849. The molecule has 3 heteroatoms. The maximum Gasteiger partial charge on any atom is 0.0408 e. The first-order valence-corrected chi connectivity index (χ1v) is 8.13. The SMILES string of the molecule is CN1CCC(CN(C)CCCc2cccc(Cl)c2)CC1. The maximum absolute atomic E-state index is 6.01. The van der Waals surface area contributed by atoms with Gasteiger partial charge in [0.2, 0.25) is 0 Å². The summed E-state index contributed by atoms with van der Waals surface area (Å²) in [5.74, 6) is 0.891. The third kappa shape index (κ3) is 5.43. The summed E-state index contributed by atoms with van der Waals surface area (Å²) in [4.78, 5) is 4.94. The lowest BCUT2D eigenvalue weighted by molar-refractivity contribution is 0.175. The number of aryl methyl sites for hydroxylation is 1. The summed E-state index contributed by atoms with van der Waals surface area (Å²) < 4.78 is 0. The summed E-state index contributed by atoms with van der Waals surface area (Å²) in [5.41, 5.74) is 1.35. The quantitative estimate of drug-likeness (QED) is 0.792. The van der Waals surface area contributed by atoms with Crippen LogP contribution in [0.4, 0.5) is 0 Å². The minimum Gasteiger partial charge on any atom is -0.306 e. The van der Waals surface area contributed by atoms with E-state index in [2.05, 4.69) is 36.0 Å². The van der Waals surface area contributed by atoms with Gasteiger partial charge in [0.1, 0.15) is 0 Å². The first kappa shape index (κ1) is 15.8. The molecule has 0 bridgehead atoms. The molecule has 2 rings (SSSR count). The standard InChI is InChI=1S/C17H27ClN2/c1-19-11-8-16(9-12-19)14-20(2)10-4-6-15-5-3-7-17(18)13-15/h3,5,7,13,16H,4,6,8-12,14H2,1-2H3. The Morgan fingerprint density at radius 2 is 2.05 bits per heavy atom. The summed E-state index contributed by atoms with van der Waals surface area (Å²) in [6.07, 6.45) is 5.05. The Balaban J connectivity index is 1.64. The Labute approximate surface area is 128 Å². The normalized spacial score (nSPS) is 17.8. The van der Waals surface area contributed by atoms with Gasteiger partial charge in [0.05, 0.1) is 0 Å². The second-order valence-corrected chi connectivity index (χ2v) is 6.68. The van der Waals surface area contributed by atoms with Crippen LogP contribution in [0.25, 0.3) is 0 Å². The minimum absolute atomic E-state index is 0.849. The number of hydrogen-bond acceptors (Lipinski definition) is 2. The Morgan fingerprint density at radius 3 is 2.75 bits per heavy atom. The fourth-order valence-corrected chi connectivity index (χ4v) is 3.24. The third-order valence-corrected chi connectivity index (χ3v) is 4.54. The molecular formula is C17H27ClN2. The highest BCUT2D eigenvalue weighted by molar-refractivity contribution is 6.30. The highest BCUT2D eigenvalue weighted by Crippen LogP contribution is 2.17. The molecule has 1 aliphatic rings. The van der Waals surface area contributed by atoms with Gasteiger partial charge in [0.15, 0.2) is 0 Å². The van der Waals surface area contributed by atoms with Gasteiger partial charge in [-0.3, -0.25) is 0 Å². The summed E-state index contributed by atoms with van der Waals surface area (Å²) in [7, 11) is 4.49. The predicted molar refractivity (Wildman–Crippen MR) is 87.5 cm³/mol. The van der Waals surface area contributed by atoms with E-state index in [4.69, 9.17) is 11.6 Å². The fourth-order valence-electron chi connectivity index (χ4n) is 3.02. The van der Waals surface area contributed by atoms with Crippen molar-refractivity contribution in [2.45, 2.75) is 25.7 Å². The van der Waals surface area contributed by atoms with Gasteiger partial charge >= 0.3 is 0 Å². The summed E-state index contributed by atoms with van der Waals surface area (Å²) in [6.45, 7) is 4.96. The van der Waals surface area contributed by atoms with Gasteiger partial charge in [-0.15, -0.1) is 0 Å². The number of nitrogens with zero attached hydrogens (tertiary/aromatic N) is 2. The first-order valence-electron chi connectivity index (χ1n) is 7.75. The molecule has 1 fully saturated rings. The van der Waals surface area contributed by atoms with Crippen LogP contribution in [0.2, 0.25) is 5.02 Å². The van der Waals surface area contributed by atoms with Crippen LogP contribution in [0.3, 0.4) is 0 Å². The van der Waals surface area contributed by atoms with Gasteiger partial charge in [0.25, 0.3) is 0 Å². The zero-order valence-electron chi connectivity index (χ0n) is 12.8. The molecule has 0 radical (unpaired) electrons. The van der Waals surface area contributed by atoms with Crippen LogP contribution in [0.15, 0.2) is 24.3 Å². The van der Waals surface area contributed by atoms with Gasteiger partial charge in [0, 0.05) is 11.6 Å². The molecule has 1 saturated heterocycles. The van der Waals surface area contributed by atoms with Crippen molar-refractivity contribution < 1.29 is 0 Å². The number of rotatable bonds is 6. The second kappa shape index (κ2) is 8.02. The molecular weight excluding hydrogens is 268 g/mol. The molecule has 112 valence electrons. The molecule has 2 nitrogen and oxygen atoms in total. The molecule has 20 heavy (non-hydrogen) atoms. The molecule has 1 heterocycles. The molecule has 1 aromatic rings. The molecule has 0 atom stereocenters. The van der Waals surface area contributed by atoms with Crippen molar-refractivity contribution in [1.29, 1.82) is 0 Å². The largest absolute Gasteiger partial charge is 0.306 e. The van der Waals surface area contributed by atoms with E-state index in [1.807, 2.05) is 12.1 Å². The van der Waals surface area contributed by atoms with Gasteiger partial charge in [-0.2, -0.15) is 0 Å².